The van der Waals surface area contributed by atoms with Crippen LogP contribution in [0.4, 0.5) is 11.4 Å². The standard InChI is InChI=1S/C22H28B7Cl2N/c1-22(2,3)8-4-6-9(7-5-8)32-21-15(26)11(14(25)19(30)20(21)31)10-12(23)16(27)18(29)17(28)13(10)24/h4-7,32H,23-29H2,1-3H3. The summed E-state index contributed by atoms with van der Waals surface area (Å²) in [7, 11) is 15.3. The van der Waals surface area contributed by atoms with Crippen LogP contribution >= 0.6 is 23.2 Å². The van der Waals surface area contributed by atoms with Gasteiger partial charge in [0.2, 0.25) is 0 Å². The Morgan fingerprint density at radius 3 is 1.50 bits per heavy atom. The molecular formula is C22H28B7Cl2N. The second kappa shape index (κ2) is 9.03. The van der Waals surface area contributed by atoms with Crippen LogP contribution in [0.25, 0.3) is 11.1 Å². The van der Waals surface area contributed by atoms with E-state index in [1.807, 2.05) is 0 Å². The summed E-state index contributed by atoms with van der Waals surface area (Å²) in [5.41, 5.74) is 14.5. The van der Waals surface area contributed by atoms with Crippen LogP contribution in [-0.2, 0) is 5.41 Å². The Labute approximate surface area is 209 Å². The molecule has 1 N–H and O–H groups in total. The van der Waals surface area contributed by atoms with E-state index in [-0.39, 0.29) is 5.41 Å². The Balaban J connectivity index is 2.23. The molecule has 0 aromatic heterocycles. The average molecular weight is 453 g/mol. The maximum atomic E-state index is 6.80. The molecule has 156 valence electrons. The van der Waals surface area contributed by atoms with Gasteiger partial charge in [-0.05, 0) is 34.2 Å². The predicted octanol–water partition coefficient (Wildman–Crippen LogP) is -4.49. The largest absolute Gasteiger partial charge is 0.355 e. The highest BCUT2D eigenvalue weighted by molar-refractivity contribution is 6.70. The van der Waals surface area contributed by atoms with Gasteiger partial charge in [0.25, 0.3) is 0 Å². The summed E-state index contributed by atoms with van der Waals surface area (Å²) >= 11 is 13.6. The molecule has 0 atom stereocenters. The molecule has 3 aromatic carbocycles. The number of benzene rings is 3. The van der Waals surface area contributed by atoms with Crippen LogP contribution in [0.2, 0.25) is 10.0 Å². The van der Waals surface area contributed by atoms with Crippen molar-refractivity contribution in [1.82, 2.24) is 0 Å². The summed E-state index contributed by atoms with van der Waals surface area (Å²) in [4.78, 5) is 0. The van der Waals surface area contributed by atoms with Crippen molar-refractivity contribution in [3.63, 3.8) is 0 Å². The first-order valence-corrected chi connectivity index (χ1v) is 12.0. The first kappa shape index (κ1) is 25.1. The number of nitrogens with one attached hydrogen (secondary N) is 1. The Bertz CT molecular complexity index is 1190. The van der Waals surface area contributed by atoms with Crippen molar-refractivity contribution >= 4 is 128 Å². The molecule has 0 unspecified atom stereocenters. The molecule has 0 amide bonds. The third-order valence-electron chi connectivity index (χ3n) is 7.14. The lowest BCUT2D eigenvalue weighted by Crippen LogP contribution is -2.56. The fraction of sp³-hybridized carbons (Fsp3) is 0.182. The smallest absolute Gasteiger partial charge is 0.142 e. The summed E-state index contributed by atoms with van der Waals surface area (Å²) in [5, 5.41) is 4.74. The van der Waals surface area contributed by atoms with Crippen LogP contribution in [0.15, 0.2) is 24.3 Å². The first-order valence-electron chi connectivity index (χ1n) is 11.2. The van der Waals surface area contributed by atoms with Crippen molar-refractivity contribution in [2.45, 2.75) is 26.2 Å². The van der Waals surface area contributed by atoms with Gasteiger partial charge in [0.15, 0.2) is 0 Å². The Kier molecular flexibility index (Phi) is 7.09. The van der Waals surface area contributed by atoms with E-state index in [0.717, 1.165) is 22.3 Å². The van der Waals surface area contributed by atoms with Crippen molar-refractivity contribution in [3.05, 3.63) is 39.9 Å². The van der Waals surface area contributed by atoms with Gasteiger partial charge in [0.05, 0.1) is 15.7 Å². The van der Waals surface area contributed by atoms with Crippen molar-refractivity contribution in [2.75, 3.05) is 5.32 Å². The molecule has 0 aliphatic heterocycles. The SMILES string of the molecule is Bc1c(B)c(B)c(-c2c(B)c(Cl)c(Cl)c(Nc3ccc(C(C)(C)C)cc3)c2B)c(B)c1B. The van der Waals surface area contributed by atoms with Gasteiger partial charge in [-0.3, -0.25) is 0 Å². The third-order valence-corrected chi connectivity index (χ3v) is 8.08. The van der Waals surface area contributed by atoms with Gasteiger partial charge in [-0.15, -0.1) is 16.4 Å². The van der Waals surface area contributed by atoms with E-state index in [0.29, 0.717) is 10.0 Å². The van der Waals surface area contributed by atoms with Crippen molar-refractivity contribution in [2.24, 2.45) is 0 Å². The maximum absolute atomic E-state index is 6.80. The highest BCUT2D eigenvalue weighted by Gasteiger charge is 2.22. The summed E-state index contributed by atoms with van der Waals surface area (Å²) in [5.74, 6) is 0. The maximum Gasteiger partial charge on any atom is 0.142 e. The fourth-order valence-electron chi connectivity index (χ4n) is 4.55. The minimum Gasteiger partial charge on any atom is -0.355 e. The van der Waals surface area contributed by atoms with Gasteiger partial charge in [-0.1, -0.05) is 78.0 Å². The quantitative estimate of drug-likeness (QED) is 0.395. The van der Waals surface area contributed by atoms with Crippen LogP contribution in [0.3, 0.4) is 0 Å². The fourth-order valence-corrected chi connectivity index (χ4v) is 5.07. The monoisotopic (exact) mass is 453 g/mol. The zero-order valence-corrected chi connectivity index (χ0v) is 22.6. The van der Waals surface area contributed by atoms with Crippen molar-refractivity contribution in [1.29, 1.82) is 0 Å². The topological polar surface area (TPSA) is 12.0 Å². The lowest BCUT2D eigenvalue weighted by Gasteiger charge is -2.26. The van der Waals surface area contributed by atoms with Gasteiger partial charge in [0.1, 0.15) is 54.9 Å². The molecule has 3 aromatic rings. The number of hydrogen-bond acceptors (Lipinski definition) is 1. The normalized spacial score (nSPS) is 11.5. The Morgan fingerprint density at radius 1 is 0.594 bits per heavy atom. The second-order valence-corrected chi connectivity index (χ2v) is 10.8. The predicted molar refractivity (Wildman–Crippen MR) is 168 cm³/mol. The summed E-state index contributed by atoms with van der Waals surface area (Å²) in [6.07, 6.45) is 0. The molecule has 0 heterocycles. The number of rotatable bonds is 3. The van der Waals surface area contributed by atoms with Crippen LogP contribution in [-0.4, -0.2) is 54.9 Å². The van der Waals surface area contributed by atoms with E-state index >= 15 is 0 Å². The van der Waals surface area contributed by atoms with Crippen molar-refractivity contribution in [3.8, 4) is 11.1 Å². The lowest BCUT2D eigenvalue weighted by atomic mass is 9.58. The van der Waals surface area contributed by atoms with E-state index in [1.54, 1.807) is 0 Å². The van der Waals surface area contributed by atoms with E-state index in [2.05, 4.69) is 105 Å². The second-order valence-electron chi connectivity index (χ2n) is 10.1. The zero-order valence-electron chi connectivity index (χ0n) is 21.1. The lowest BCUT2D eigenvalue weighted by molar-refractivity contribution is 0.590. The number of anilines is 2. The van der Waals surface area contributed by atoms with E-state index < -0.39 is 0 Å². The molecule has 0 saturated carbocycles. The molecule has 0 saturated heterocycles. The molecule has 1 nitrogen and oxygen atoms in total. The third kappa shape index (κ3) is 4.33. The molecule has 0 aliphatic carbocycles. The molecule has 0 radical (unpaired) electrons. The molecule has 3 rings (SSSR count). The average Bonchev–Trinajstić information content (AvgIpc) is 2.74. The molecule has 0 aliphatic rings. The molecule has 32 heavy (non-hydrogen) atoms. The molecular weight excluding hydrogens is 425 g/mol. The minimum atomic E-state index is 0.114. The van der Waals surface area contributed by atoms with Gasteiger partial charge in [-0.25, -0.2) is 0 Å². The molecule has 0 spiro atoms. The van der Waals surface area contributed by atoms with Gasteiger partial charge in [0, 0.05) is 5.69 Å². The van der Waals surface area contributed by atoms with E-state index in [1.165, 1.54) is 44.0 Å². The summed E-state index contributed by atoms with van der Waals surface area (Å²) in [6, 6.07) is 8.56. The molecule has 0 bridgehead atoms. The minimum absolute atomic E-state index is 0.114. The van der Waals surface area contributed by atoms with Crippen LogP contribution < -0.4 is 43.6 Å². The number of halogens is 2. The summed E-state index contributed by atoms with van der Waals surface area (Å²) < 4.78 is 0. The van der Waals surface area contributed by atoms with E-state index in [4.69, 9.17) is 23.2 Å². The van der Waals surface area contributed by atoms with Crippen LogP contribution in [0, 0.1) is 0 Å². The van der Waals surface area contributed by atoms with Gasteiger partial charge in [-0.2, -0.15) is 0 Å². The molecule has 10 heteroatoms. The highest BCUT2D eigenvalue weighted by atomic mass is 35.5. The molecule has 0 fully saturated rings. The van der Waals surface area contributed by atoms with Gasteiger partial charge < -0.3 is 5.32 Å². The highest BCUT2D eigenvalue weighted by Crippen LogP contribution is 2.33. The number of hydrogen-bond donors (Lipinski definition) is 1. The first-order chi connectivity index (χ1) is 14.8. The summed E-state index contributed by atoms with van der Waals surface area (Å²) in [6.45, 7) is 6.66. The van der Waals surface area contributed by atoms with E-state index in [9.17, 15) is 0 Å². The van der Waals surface area contributed by atoms with Crippen molar-refractivity contribution < 1.29 is 0 Å². The van der Waals surface area contributed by atoms with Gasteiger partial charge >= 0.3 is 0 Å². The van der Waals surface area contributed by atoms with Crippen LogP contribution in [0.1, 0.15) is 26.3 Å². The Hall–Kier alpha value is -1.51. The van der Waals surface area contributed by atoms with Crippen LogP contribution in [0.5, 0.6) is 0 Å². The zero-order chi connectivity index (χ0) is 24.1. The Morgan fingerprint density at radius 2 is 1.03 bits per heavy atom.